The van der Waals surface area contributed by atoms with E-state index in [2.05, 4.69) is 10.6 Å². The number of ether oxygens (including phenoxy) is 1. The van der Waals surface area contributed by atoms with Crippen molar-refractivity contribution in [2.75, 3.05) is 17.3 Å². The molecule has 1 aromatic rings. The number of alkyl carbamates (subject to hydrolysis) is 1. The van der Waals surface area contributed by atoms with E-state index in [1.165, 1.54) is 11.0 Å². The van der Waals surface area contributed by atoms with Gasteiger partial charge in [-0.3, -0.25) is 14.9 Å². The minimum Gasteiger partial charge on any atom is -0.444 e. The Morgan fingerprint density at radius 2 is 1.78 bits per heavy atom. The molecule has 0 radical (unpaired) electrons. The molecule has 32 heavy (non-hydrogen) atoms. The second-order valence-corrected chi connectivity index (χ2v) is 9.85. The van der Waals surface area contributed by atoms with Gasteiger partial charge in [0.25, 0.3) is 5.69 Å². The van der Waals surface area contributed by atoms with Crippen molar-refractivity contribution in [1.82, 2.24) is 5.32 Å². The summed E-state index contributed by atoms with van der Waals surface area (Å²) in [4.78, 5) is 37.5. The van der Waals surface area contributed by atoms with Gasteiger partial charge in [-0.25, -0.2) is 4.79 Å². The summed E-state index contributed by atoms with van der Waals surface area (Å²) in [5, 5.41) is 17.7. The monoisotopic (exact) mass is 446 g/mol. The largest absolute Gasteiger partial charge is 0.444 e. The molecule has 2 N–H and O–H groups in total. The molecule has 2 aliphatic rings. The SMILES string of the molecule is CN(C(=O)C1CCCCC1)c1ccc(NC2CC(NC(=O)OC(C)(C)C)C2)c([N+](=O)[O-])c1. The Labute approximate surface area is 189 Å². The van der Waals surface area contributed by atoms with Crippen LogP contribution in [0.4, 0.5) is 21.9 Å². The van der Waals surface area contributed by atoms with Crippen LogP contribution < -0.4 is 15.5 Å². The maximum Gasteiger partial charge on any atom is 0.407 e. The van der Waals surface area contributed by atoms with E-state index in [0.717, 1.165) is 32.1 Å². The molecule has 1 aromatic carbocycles. The summed E-state index contributed by atoms with van der Waals surface area (Å²) in [6.07, 6.45) is 5.87. The molecule has 2 aliphatic carbocycles. The lowest BCUT2D eigenvalue weighted by molar-refractivity contribution is -0.383. The highest BCUT2D eigenvalue weighted by atomic mass is 16.6. The van der Waals surface area contributed by atoms with Crippen LogP contribution in [0, 0.1) is 16.0 Å². The second-order valence-electron chi connectivity index (χ2n) is 9.85. The summed E-state index contributed by atoms with van der Waals surface area (Å²) in [6, 6.07) is 4.84. The fourth-order valence-corrected chi connectivity index (χ4v) is 4.30. The van der Waals surface area contributed by atoms with Crippen molar-refractivity contribution in [3.63, 3.8) is 0 Å². The first-order valence-corrected chi connectivity index (χ1v) is 11.4. The molecule has 0 aliphatic heterocycles. The van der Waals surface area contributed by atoms with E-state index in [9.17, 15) is 19.7 Å². The number of nitro groups is 1. The van der Waals surface area contributed by atoms with Gasteiger partial charge in [-0.2, -0.15) is 0 Å². The molecule has 9 heteroatoms. The maximum absolute atomic E-state index is 12.8. The van der Waals surface area contributed by atoms with Gasteiger partial charge in [0.1, 0.15) is 11.3 Å². The van der Waals surface area contributed by atoms with E-state index >= 15 is 0 Å². The molecule has 2 saturated carbocycles. The molecule has 3 rings (SSSR count). The van der Waals surface area contributed by atoms with Crippen LogP contribution in [0.1, 0.15) is 65.7 Å². The third kappa shape index (κ3) is 6.11. The van der Waals surface area contributed by atoms with Gasteiger partial charge in [-0.05, 0) is 58.6 Å². The normalized spacial score (nSPS) is 21.2. The highest BCUT2D eigenvalue weighted by molar-refractivity contribution is 5.95. The van der Waals surface area contributed by atoms with Crippen LogP contribution in [0.25, 0.3) is 0 Å². The van der Waals surface area contributed by atoms with E-state index in [-0.39, 0.29) is 29.6 Å². The van der Waals surface area contributed by atoms with Crippen molar-refractivity contribution in [3.8, 4) is 0 Å². The minimum atomic E-state index is -0.556. The van der Waals surface area contributed by atoms with Crippen molar-refractivity contribution < 1.29 is 19.2 Å². The molecule has 0 bridgehead atoms. The van der Waals surface area contributed by atoms with E-state index < -0.39 is 16.6 Å². The molecule has 0 atom stereocenters. The number of nitrogens with one attached hydrogen (secondary N) is 2. The third-order valence-corrected chi connectivity index (χ3v) is 6.07. The lowest BCUT2D eigenvalue weighted by atomic mass is 9.86. The average Bonchev–Trinajstić information content (AvgIpc) is 2.70. The highest BCUT2D eigenvalue weighted by Crippen LogP contribution is 2.34. The number of rotatable bonds is 6. The molecule has 176 valence electrons. The van der Waals surface area contributed by atoms with Crippen LogP contribution in [0.15, 0.2) is 18.2 Å². The third-order valence-electron chi connectivity index (χ3n) is 6.07. The smallest absolute Gasteiger partial charge is 0.407 e. The van der Waals surface area contributed by atoms with Crippen LogP contribution >= 0.6 is 0 Å². The Hall–Kier alpha value is -2.84. The van der Waals surface area contributed by atoms with Gasteiger partial charge < -0.3 is 20.3 Å². The quantitative estimate of drug-likeness (QED) is 0.487. The molecule has 0 aromatic heterocycles. The molecular weight excluding hydrogens is 412 g/mol. The van der Waals surface area contributed by atoms with Crippen LogP contribution in [0.3, 0.4) is 0 Å². The summed E-state index contributed by atoms with van der Waals surface area (Å²) < 4.78 is 5.25. The Balaban J connectivity index is 1.59. The average molecular weight is 447 g/mol. The molecule has 0 unspecified atom stereocenters. The summed E-state index contributed by atoms with van der Waals surface area (Å²) in [6.45, 7) is 5.42. The number of amides is 2. The number of nitrogens with zero attached hydrogens (tertiary/aromatic N) is 2. The Bertz CT molecular complexity index is 854. The topological polar surface area (TPSA) is 114 Å². The predicted molar refractivity (Wildman–Crippen MR) is 123 cm³/mol. The van der Waals surface area contributed by atoms with Crippen LogP contribution in [0.5, 0.6) is 0 Å². The van der Waals surface area contributed by atoms with Crippen molar-refractivity contribution in [1.29, 1.82) is 0 Å². The van der Waals surface area contributed by atoms with E-state index in [1.54, 1.807) is 40.0 Å². The number of hydrogen-bond acceptors (Lipinski definition) is 6. The molecule has 0 saturated heterocycles. The lowest BCUT2D eigenvalue weighted by Gasteiger charge is -2.37. The summed E-state index contributed by atoms with van der Waals surface area (Å²) in [5.74, 6) is 0.0183. The fraction of sp³-hybridized carbons (Fsp3) is 0.652. The number of carbonyl (C=O) groups excluding carboxylic acids is 2. The first-order valence-electron chi connectivity index (χ1n) is 11.4. The second kappa shape index (κ2) is 9.75. The van der Waals surface area contributed by atoms with Crippen molar-refractivity contribution in [2.24, 2.45) is 5.92 Å². The van der Waals surface area contributed by atoms with Gasteiger partial charge >= 0.3 is 6.09 Å². The summed E-state index contributed by atoms with van der Waals surface area (Å²) >= 11 is 0. The number of anilines is 2. The fourth-order valence-electron chi connectivity index (χ4n) is 4.30. The number of benzene rings is 1. The van der Waals surface area contributed by atoms with Gasteiger partial charge in [0.05, 0.1) is 10.6 Å². The number of carbonyl (C=O) groups is 2. The molecule has 9 nitrogen and oxygen atoms in total. The van der Waals surface area contributed by atoms with Gasteiger partial charge in [-0.15, -0.1) is 0 Å². The predicted octanol–water partition coefficient (Wildman–Crippen LogP) is 4.61. The summed E-state index contributed by atoms with van der Waals surface area (Å²) in [7, 11) is 1.68. The molecule has 0 heterocycles. The van der Waals surface area contributed by atoms with E-state index in [4.69, 9.17) is 4.74 Å². The zero-order valence-electron chi connectivity index (χ0n) is 19.3. The molecule has 2 fully saturated rings. The van der Waals surface area contributed by atoms with Gasteiger partial charge in [0.2, 0.25) is 5.91 Å². The van der Waals surface area contributed by atoms with Gasteiger partial charge in [-0.1, -0.05) is 19.3 Å². The lowest BCUT2D eigenvalue weighted by Crippen LogP contribution is -2.50. The van der Waals surface area contributed by atoms with Gasteiger partial charge in [0.15, 0.2) is 0 Å². The van der Waals surface area contributed by atoms with Gasteiger partial charge in [0, 0.05) is 31.1 Å². The number of hydrogen-bond donors (Lipinski definition) is 2. The number of nitro benzene ring substituents is 1. The molecule has 0 spiro atoms. The van der Waals surface area contributed by atoms with Crippen LogP contribution in [0.2, 0.25) is 0 Å². The standard InChI is InChI=1S/C23H34N4O5/c1-23(2,3)32-22(29)25-17-12-16(13-17)24-19-11-10-18(14-20(19)27(30)31)26(4)21(28)15-8-6-5-7-9-15/h10-11,14-17,24H,5-9,12-13H2,1-4H3,(H,25,29). The Kier molecular flexibility index (Phi) is 7.26. The Morgan fingerprint density at radius 1 is 1.12 bits per heavy atom. The minimum absolute atomic E-state index is 0.00464. The van der Waals surface area contributed by atoms with Crippen molar-refractivity contribution in [3.05, 3.63) is 28.3 Å². The highest BCUT2D eigenvalue weighted by Gasteiger charge is 2.33. The molecular formula is C23H34N4O5. The van der Waals surface area contributed by atoms with Crippen molar-refractivity contribution >= 4 is 29.1 Å². The van der Waals surface area contributed by atoms with Crippen LogP contribution in [-0.2, 0) is 9.53 Å². The van der Waals surface area contributed by atoms with Crippen molar-refractivity contribution in [2.45, 2.75) is 83.4 Å². The zero-order valence-corrected chi connectivity index (χ0v) is 19.3. The summed E-state index contributed by atoms with van der Waals surface area (Å²) in [5.41, 5.74) is 0.322. The first kappa shape index (κ1) is 23.8. The van der Waals surface area contributed by atoms with Crippen LogP contribution in [-0.4, -0.2) is 41.7 Å². The maximum atomic E-state index is 12.8. The molecule has 2 amide bonds. The van der Waals surface area contributed by atoms with E-state index in [1.807, 2.05) is 0 Å². The first-order chi connectivity index (χ1) is 15.0. The Morgan fingerprint density at radius 3 is 2.38 bits per heavy atom. The zero-order chi connectivity index (χ0) is 23.5. The van der Waals surface area contributed by atoms with E-state index in [0.29, 0.717) is 24.2 Å².